The Morgan fingerprint density at radius 1 is 0.303 bits per heavy atom. The fourth-order valence-electron chi connectivity index (χ4n) is 13.5. The maximum atomic E-state index is 12.6. The summed E-state index contributed by atoms with van der Waals surface area (Å²) in [6, 6.07) is -0.537. The predicted octanol–water partition coefficient (Wildman–Crippen LogP) is 27.4. The number of unbranched alkanes of at least 4 members (excludes halogenated alkanes) is 66. The van der Waals surface area contributed by atoms with Crippen LogP contribution >= 0.6 is 0 Å². The molecule has 1 amide bonds. The van der Waals surface area contributed by atoms with Gasteiger partial charge in [-0.1, -0.05) is 431 Å². The topological polar surface area (TPSA) is 95.9 Å². The average molecular weight is 1260 g/mol. The number of carbonyl (C=O) groups excluding carboxylic acids is 2. The van der Waals surface area contributed by atoms with E-state index >= 15 is 0 Å². The molecule has 0 aliphatic heterocycles. The van der Waals surface area contributed by atoms with Crippen LogP contribution in [0.2, 0.25) is 0 Å². The highest BCUT2D eigenvalue weighted by atomic mass is 16.5. The van der Waals surface area contributed by atoms with Crippen LogP contribution in [-0.4, -0.2) is 47.4 Å². The van der Waals surface area contributed by atoms with Gasteiger partial charge < -0.3 is 20.3 Å². The number of aliphatic hydroxyl groups is 2. The van der Waals surface area contributed by atoms with Crippen molar-refractivity contribution in [2.75, 3.05) is 13.2 Å². The second kappa shape index (κ2) is 79.0. The van der Waals surface area contributed by atoms with E-state index in [2.05, 4.69) is 31.3 Å². The first-order valence-corrected chi connectivity index (χ1v) is 41.4. The monoisotopic (exact) mass is 1250 g/mol. The molecule has 0 saturated carbocycles. The number of amides is 1. The van der Waals surface area contributed by atoms with E-state index in [-0.39, 0.29) is 18.5 Å². The molecule has 2 unspecified atom stereocenters. The van der Waals surface area contributed by atoms with Crippen molar-refractivity contribution in [2.45, 2.75) is 495 Å². The number of carbonyl (C=O) groups is 2. The summed E-state index contributed by atoms with van der Waals surface area (Å²) in [5.74, 6) is -0.00733. The van der Waals surface area contributed by atoms with Gasteiger partial charge in [0.15, 0.2) is 0 Å². The number of rotatable bonds is 79. The van der Waals surface area contributed by atoms with E-state index in [0.717, 1.165) is 44.9 Å². The van der Waals surface area contributed by atoms with E-state index in [1.165, 1.54) is 405 Å². The highest BCUT2D eigenvalue weighted by molar-refractivity contribution is 5.76. The van der Waals surface area contributed by atoms with Gasteiger partial charge in [-0.25, -0.2) is 0 Å². The van der Waals surface area contributed by atoms with Crippen molar-refractivity contribution < 1.29 is 24.5 Å². The molecule has 3 N–H and O–H groups in total. The third kappa shape index (κ3) is 75.5. The lowest BCUT2D eigenvalue weighted by molar-refractivity contribution is -0.143. The van der Waals surface area contributed by atoms with Gasteiger partial charge in [0.2, 0.25) is 5.91 Å². The minimum absolute atomic E-state index is 0.0160. The van der Waals surface area contributed by atoms with Gasteiger partial charge in [0, 0.05) is 12.8 Å². The van der Waals surface area contributed by atoms with Crippen LogP contribution in [0.4, 0.5) is 0 Å². The number of hydrogen-bond donors (Lipinski definition) is 3. The van der Waals surface area contributed by atoms with Gasteiger partial charge in [-0.05, 0) is 51.4 Å². The summed E-state index contributed by atoms with van der Waals surface area (Å²) in [6.45, 7) is 5.00. The quantitative estimate of drug-likeness (QED) is 0.0320. The van der Waals surface area contributed by atoms with Crippen LogP contribution in [0.5, 0.6) is 0 Å². The Morgan fingerprint density at radius 3 is 0.798 bits per heavy atom. The number of aliphatic hydroxyl groups excluding tert-OH is 2. The molecule has 0 bridgehead atoms. The molecule has 0 heterocycles. The molecule has 89 heavy (non-hydrogen) atoms. The molecule has 2 atom stereocenters. The van der Waals surface area contributed by atoms with Gasteiger partial charge >= 0.3 is 5.97 Å². The van der Waals surface area contributed by atoms with Crippen LogP contribution < -0.4 is 5.32 Å². The molecule has 0 aromatic carbocycles. The zero-order valence-electron chi connectivity index (χ0n) is 61.0. The second-order valence-corrected chi connectivity index (χ2v) is 28.8. The molecular formula is C83H163NO5. The Kier molecular flexibility index (Phi) is 77.8. The van der Waals surface area contributed by atoms with Gasteiger partial charge in [-0.15, -0.1) is 0 Å². The predicted molar refractivity (Wildman–Crippen MR) is 394 cm³/mol. The van der Waals surface area contributed by atoms with E-state index < -0.39 is 12.1 Å². The minimum Gasteiger partial charge on any atom is -0.466 e. The first kappa shape index (κ1) is 87.6. The molecule has 0 radical (unpaired) electrons. The van der Waals surface area contributed by atoms with Crippen molar-refractivity contribution in [1.82, 2.24) is 5.32 Å². The summed E-state index contributed by atoms with van der Waals surface area (Å²) >= 11 is 0. The smallest absolute Gasteiger partial charge is 0.305 e. The van der Waals surface area contributed by atoms with E-state index in [1.54, 1.807) is 0 Å². The molecule has 0 rings (SSSR count). The Morgan fingerprint density at radius 2 is 0.528 bits per heavy atom. The Hall–Kier alpha value is -1.40. The summed E-state index contributed by atoms with van der Waals surface area (Å²) < 4.78 is 5.50. The van der Waals surface area contributed by atoms with Crippen molar-refractivity contribution in [3.8, 4) is 0 Å². The van der Waals surface area contributed by atoms with Crippen LogP contribution in [0.15, 0.2) is 12.2 Å². The number of ether oxygens (including phenoxy) is 1. The number of nitrogens with one attached hydrogen (secondary N) is 1. The molecule has 530 valence electrons. The Bertz CT molecular complexity index is 1350. The zero-order chi connectivity index (χ0) is 64.2. The van der Waals surface area contributed by atoms with Crippen molar-refractivity contribution in [2.24, 2.45) is 0 Å². The number of allylic oxidation sites excluding steroid dienone is 2. The van der Waals surface area contributed by atoms with Gasteiger partial charge in [0.25, 0.3) is 0 Å². The first-order chi connectivity index (χ1) is 44.0. The largest absolute Gasteiger partial charge is 0.466 e. The highest BCUT2D eigenvalue weighted by Gasteiger charge is 2.20. The molecular weight excluding hydrogens is 1090 g/mol. The fourth-order valence-corrected chi connectivity index (χ4v) is 13.5. The van der Waals surface area contributed by atoms with Crippen LogP contribution in [-0.2, 0) is 14.3 Å². The summed E-state index contributed by atoms with van der Waals surface area (Å²) in [4.78, 5) is 24.6. The van der Waals surface area contributed by atoms with Crippen molar-refractivity contribution >= 4 is 11.9 Å². The standard InChI is InChI=1S/C83H163NO5/c1-3-5-7-9-11-13-15-17-19-20-21-39-42-45-48-51-55-59-63-67-71-75-81(86)80(79-85)84-82(87)76-72-68-64-60-56-52-49-46-43-40-37-35-33-31-29-27-25-23-22-24-26-28-30-32-34-36-38-41-44-47-50-54-58-62-66-70-74-78-89-83(88)77-73-69-65-61-57-53-18-16-14-12-10-8-6-4-2/h16,18,80-81,85-86H,3-15,17,19-79H2,1-2H3,(H,84,87)/b18-16-. The van der Waals surface area contributed by atoms with Crippen LogP contribution in [0.1, 0.15) is 483 Å². The molecule has 0 aliphatic rings. The SMILES string of the molecule is CCCCCCC/C=C\CCCCCCCC(=O)OCCCCCCCCCCCCCCCCCCCCCCCCCCCCCCCCCCCCCCCC(=O)NC(CO)C(O)CCCCCCCCCCCCCCCCCCCCCCC. The van der Waals surface area contributed by atoms with E-state index in [0.29, 0.717) is 25.9 Å². The van der Waals surface area contributed by atoms with Crippen LogP contribution in [0.25, 0.3) is 0 Å². The third-order valence-corrected chi connectivity index (χ3v) is 19.8. The molecule has 0 aliphatic carbocycles. The normalized spacial score (nSPS) is 12.4. The van der Waals surface area contributed by atoms with Gasteiger partial charge in [0.05, 0.1) is 25.4 Å². The average Bonchev–Trinajstić information content (AvgIpc) is 3.60. The van der Waals surface area contributed by atoms with E-state index in [9.17, 15) is 19.8 Å². The molecule has 0 fully saturated rings. The number of esters is 1. The Labute approximate surface area is 559 Å². The van der Waals surface area contributed by atoms with E-state index in [1.807, 2.05) is 0 Å². The van der Waals surface area contributed by atoms with Crippen LogP contribution in [0, 0.1) is 0 Å². The van der Waals surface area contributed by atoms with Gasteiger partial charge in [-0.3, -0.25) is 9.59 Å². The van der Waals surface area contributed by atoms with Crippen molar-refractivity contribution in [1.29, 1.82) is 0 Å². The van der Waals surface area contributed by atoms with Crippen molar-refractivity contribution in [3.63, 3.8) is 0 Å². The maximum Gasteiger partial charge on any atom is 0.305 e. The lowest BCUT2D eigenvalue weighted by atomic mass is 10.0. The summed E-state index contributed by atoms with van der Waals surface area (Å²) in [7, 11) is 0. The molecule has 6 nitrogen and oxygen atoms in total. The summed E-state index contributed by atoms with van der Waals surface area (Å²) in [5, 5.41) is 23.5. The second-order valence-electron chi connectivity index (χ2n) is 28.8. The zero-order valence-corrected chi connectivity index (χ0v) is 61.0. The fraction of sp³-hybridized carbons (Fsp3) is 0.952. The molecule has 0 aromatic rings. The molecule has 0 spiro atoms. The third-order valence-electron chi connectivity index (χ3n) is 19.8. The minimum atomic E-state index is -0.661. The van der Waals surface area contributed by atoms with Gasteiger partial charge in [0.1, 0.15) is 0 Å². The lowest BCUT2D eigenvalue weighted by Crippen LogP contribution is -2.45. The number of hydrogen-bond acceptors (Lipinski definition) is 5. The summed E-state index contributed by atoms with van der Waals surface area (Å²) in [5.41, 5.74) is 0. The first-order valence-electron chi connectivity index (χ1n) is 41.4. The molecule has 0 aromatic heterocycles. The van der Waals surface area contributed by atoms with Crippen molar-refractivity contribution in [3.05, 3.63) is 12.2 Å². The highest BCUT2D eigenvalue weighted by Crippen LogP contribution is 2.21. The Balaban J connectivity index is 3.30. The maximum absolute atomic E-state index is 12.6. The van der Waals surface area contributed by atoms with E-state index in [4.69, 9.17) is 4.74 Å². The van der Waals surface area contributed by atoms with Crippen LogP contribution in [0.3, 0.4) is 0 Å². The van der Waals surface area contributed by atoms with Gasteiger partial charge in [-0.2, -0.15) is 0 Å². The molecule has 6 heteroatoms. The molecule has 0 saturated heterocycles. The summed E-state index contributed by atoms with van der Waals surface area (Å²) in [6.07, 6.45) is 100. The lowest BCUT2D eigenvalue weighted by Gasteiger charge is -2.22.